The van der Waals surface area contributed by atoms with E-state index in [0.717, 1.165) is 0 Å². The largest absolute Gasteiger partial charge is 0.375 e. The number of Topliss-reactive ketones (excluding diaryl/α,β-unsaturated/α-hetero) is 1. The van der Waals surface area contributed by atoms with Gasteiger partial charge in [-0.05, 0) is 6.42 Å². The average Bonchev–Trinajstić information content (AvgIpc) is 2.38. The lowest BCUT2D eigenvalue weighted by Gasteiger charge is -2.14. The van der Waals surface area contributed by atoms with Crippen molar-refractivity contribution in [1.82, 2.24) is 0 Å². The molecule has 0 unspecified atom stereocenters. The molecule has 1 rings (SSSR count). The van der Waals surface area contributed by atoms with Gasteiger partial charge in [0.2, 0.25) is 0 Å². The highest BCUT2D eigenvalue weighted by atomic mass is 19.3. The summed E-state index contributed by atoms with van der Waals surface area (Å²) in [5.41, 5.74) is 0.528. The van der Waals surface area contributed by atoms with Crippen molar-refractivity contribution in [2.75, 3.05) is 13.2 Å². The second-order valence-corrected chi connectivity index (χ2v) is 4.01. The molecule has 0 aliphatic heterocycles. The molecule has 0 aliphatic carbocycles. The van der Waals surface area contributed by atoms with Crippen LogP contribution in [-0.4, -0.2) is 31.3 Å². The summed E-state index contributed by atoms with van der Waals surface area (Å²) in [5, 5.41) is 0. The Kier molecular flexibility index (Phi) is 5.95. The quantitative estimate of drug-likeness (QED) is 0.413. The van der Waals surface area contributed by atoms with E-state index >= 15 is 0 Å². The summed E-state index contributed by atoms with van der Waals surface area (Å²) in [4.78, 5) is 11.6. The number of halogens is 4. The van der Waals surface area contributed by atoms with Gasteiger partial charge in [-0.15, -0.1) is 0 Å². The highest BCUT2D eigenvalue weighted by Crippen LogP contribution is 2.22. The van der Waals surface area contributed by atoms with Crippen LogP contribution in [0.15, 0.2) is 30.3 Å². The molecule has 6 heteroatoms. The molecular weight excluding hydrogens is 264 g/mol. The Morgan fingerprint density at radius 1 is 1.21 bits per heavy atom. The molecule has 0 N–H and O–H groups in total. The van der Waals surface area contributed by atoms with Crippen LogP contribution in [0.5, 0.6) is 0 Å². The van der Waals surface area contributed by atoms with Gasteiger partial charge in [-0.3, -0.25) is 4.79 Å². The third-order valence-corrected chi connectivity index (χ3v) is 2.40. The highest BCUT2D eigenvalue weighted by molar-refractivity contribution is 5.95. The van der Waals surface area contributed by atoms with E-state index in [1.807, 2.05) is 0 Å². The van der Waals surface area contributed by atoms with Gasteiger partial charge in [-0.25, -0.2) is 8.78 Å². The second kappa shape index (κ2) is 7.23. The fraction of sp³-hybridized carbons (Fsp3) is 0.462. The van der Waals surface area contributed by atoms with Gasteiger partial charge < -0.3 is 4.74 Å². The maximum Gasteiger partial charge on any atom is 0.330 e. The molecule has 0 saturated carbocycles. The first-order valence-electron chi connectivity index (χ1n) is 5.75. The second-order valence-electron chi connectivity index (χ2n) is 4.01. The summed E-state index contributed by atoms with van der Waals surface area (Å²) in [6.45, 7) is -1.48. The number of ether oxygens (including phenoxy) is 1. The predicted molar refractivity (Wildman–Crippen MR) is 61.8 cm³/mol. The molecule has 0 saturated heterocycles. The lowest BCUT2D eigenvalue weighted by atomic mass is 10.1. The van der Waals surface area contributed by atoms with Crippen molar-refractivity contribution >= 4 is 5.78 Å². The van der Waals surface area contributed by atoms with Gasteiger partial charge in [0.05, 0.1) is 0 Å². The third kappa shape index (κ3) is 5.38. The molecule has 0 heterocycles. The molecule has 0 radical (unpaired) electrons. The first-order chi connectivity index (χ1) is 8.93. The van der Waals surface area contributed by atoms with Gasteiger partial charge in [-0.1, -0.05) is 30.3 Å². The molecule has 0 bridgehead atoms. The van der Waals surface area contributed by atoms with Gasteiger partial charge in [0.15, 0.2) is 5.78 Å². The zero-order chi connectivity index (χ0) is 14.3. The van der Waals surface area contributed by atoms with Gasteiger partial charge in [0.25, 0.3) is 0 Å². The first kappa shape index (κ1) is 15.6. The van der Waals surface area contributed by atoms with Gasteiger partial charge in [0, 0.05) is 18.6 Å². The molecule has 106 valence electrons. The molecule has 19 heavy (non-hydrogen) atoms. The molecule has 1 aromatic rings. The Balaban J connectivity index is 2.20. The van der Waals surface area contributed by atoms with E-state index in [1.165, 1.54) is 0 Å². The van der Waals surface area contributed by atoms with E-state index in [4.69, 9.17) is 0 Å². The smallest absolute Gasteiger partial charge is 0.330 e. The van der Waals surface area contributed by atoms with Crippen LogP contribution >= 0.6 is 0 Å². The Labute approximate surface area is 108 Å². The monoisotopic (exact) mass is 278 g/mol. The number of ketones is 1. The highest BCUT2D eigenvalue weighted by Gasteiger charge is 2.40. The number of hydrogen-bond donors (Lipinski definition) is 0. The maximum atomic E-state index is 12.5. The van der Waals surface area contributed by atoms with Crippen LogP contribution in [0.25, 0.3) is 0 Å². The predicted octanol–water partition coefficient (Wildman–Crippen LogP) is 3.57. The van der Waals surface area contributed by atoms with Crippen LogP contribution in [0.1, 0.15) is 23.2 Å². The van der Waals surface area contributed by atoms with Crippen molar-refractivity contribution in [3.05, 3.63) is 35.9 Å². The minimum Gasteiger partial charge on any atom is -0.375 e. The van der Waals surface area contributed by atoms with E-state index in [1.54, 1.807) is 30.3 Å². The van der Waals surface area contributed by atoms with Crippen molar-refractivity contribution in [3.8, 4) is 0 Å². The Hall–Kier alpha value is -1.43. The molecule has 0 spiro atoms. The number of carbonyl (C=O) groups is 1. The summed E-state index contributed by atoms with van der Waals surface area (Å²) in [7, 11) is 0. The van der Waals surface area contributed by atoms with Crippen molar-refractivity contribution in [2.45, 2.75) is 25.2 Å². The summed E-state index contributed by atoms with van der Waals surface area (Å²) >= 11 is 0. The SMILES string of the molecule is O=C(CCCOCC(F)(F)C(F)F)c1ccccc1. The summed E-state index contributed by atoms with van der Waals surface area (Å²) < 4.78 is 52.9. The lowest BCUT2D eigenvalue weighted by molar-refractivity contribution is -0.165. The molecule has 0 aliphatic rings. The molecule has 0 aromatic heterocycles. The Bertz CT molecular complexity index is 393. The standard InChI is InChI=1S/C13H14F4O2/c14-12(15)13(16,17)9-19-8-4-7-11(18)10-5-2-1-3-6-10/h1-3,5-6,12H,4,7-9H2. The van der Waals surface area contributed by atoms with Crippen LogP contribution in [0, 0.1) is 0 Å². The van der Waals surface area contributed by atoms with Crippen LogP contribution in [-0.2, 0) is 4.74 Å². The minimum absolute atomic E-state index is 0.129. The Morgan fingerprint density at radius 2 is 1.84 bits per heavy atom. The topological polar surface area (TPSA) is 26.3 Å². The molecule has 0 amide bonds. The van der Waals surface area contributed by atoms with Crippen LogP contribution in [0.2, 0.25) is 0 Å². The molecule has 0 fully saturated rings. The molecular formula is C13H14F4O2. The summed E-state index contributed by atoms with van der Waals surface area (Å²) in [5.74, 6) is -4.27. The normalized spacial score (nSPS) is 11.8. The third-order valence-electron chi connectivity index (χ3n) is 2.40. The maximum absolute atomic E-state index is 12.5. The number of rotatable bonds is 8. The van der Waals surface area contributed by atoms with Crippen LogP contribution in [0.3, 0.4) is 0 Å². The van der Waals surface area contributed by atoms with Gasteiger partial charge in [0.1, 0.15) is 6.61 Å². The van der Waals surface area contributed by atoms with Crippen molar-refractivity contribution in [2.24, 2.45) is 0 Å². The van der Waals surface area contributed by atoms with Crippen molar-refractivity contribution in [1.29, 1.82) is 0 Å². The van der Waals surface area contributed by atoms with Crippen LogP contribution < -0.4 is 0 Å². The number of hydrogen-bond acceptors (Lipinski definition) is 2. The van der Waals surface area contributed by atoms with Gasteiger partial charge in [-0.2, -0.15) is 8.78 Å². The van der Waals surface area contributed by atoms with Crippen molar-refractivity contribution < 1.29 is 27.1 Å². The first-order valence-corrected chi connectivity index (χ1v) is 5.75. The Morgan fingerprint density at radius 3 is 2.42 bits per heavy atom. The zero-order valence-electron chi connectivity index (χ0n) is 10.1. The molecule has 0 atom stereocenters. The number of alkyl halides is 4. The summed E-state index contributed by atoms with van der Waals surface area (Å²) in [6.07, 6.45) is -3.39. The molecule has 2 nitrogen and oxygen atoms in total. The fourth-order valence-electron chi connectivity index (χ4n) is 1.37. The summed E-state index contributed by atoms with van der Waals surface area (Å²) in [6, 6.07) is 8.49. The van der Waals surface area contributed by atoms with Crippen LogP contribution in [0.4, 0.5) is 17.6 Å². The van der Waals surface area contributed by atoms with E-state index in [0.29, 0.717) is 5.56 Å². The lowest BCUT2D eigenvalue weighted by Crippen LogP contribution is -2.32. The fourth-order valence-corrected chi connectivity index (χ4v) is 1.37. The van der Waals surface area contributed by atoms with Crippen molar-refractivity contribution in [3.63, 3.8) is 0 Å². The van der Waals surface area contributed by atoms with Gasteiger partial charge >= 0.3 is 12.3 Å². The zero-order valence-corrected chi connectivity index (χ0v) is 10.1. The van der Waals surface area contributed by atoms with E-state index in [2.05, 4.69) is 4.74 Å². The van der Waals surface area contributed by atoms with E-state index in [9.17, 15) is 22.4 Å². The number of benzene rings is 1. The number of carbonyl (C=O) groups excluding carboxylic acids is 1. The molecule has 1 aromatic carbocycles. The average molecular weight is 278 g/mol. The van der Waals surface area contributed by atoms with E-state index in [-0.39, 0.29) is 25.2 Å². The van der Waals surface area contributed by atoms with E-state index < -0.39 is 19.0 Å². The minimum atomic E-state index is -4.14.